The Labute approximate surface area is 136 Å². The van der Waals surface area contributed by atoms with Crippen LogP contribution in [-0.4, -0.2) is 22.1 Å². The van der Waals surface area contributed by atoms with Crippen LogP contribution >= 0.6 is 0 Å². The molecule has 2 aromatic carbocycles. The number of aromatic hydroxyl groups is 1. The number of phenols is 1. The second kappa shape index (κ2) is 5.30. The number of phenolic OH excluding ortho intramolecular Hbond substituents is 1. The highest BCUT2D eigenvalue weighted by Crippen LogP contribution is 2.44. The van der Waals surface area contributed by atoms with Gasteiger partial charge in [0.1, 0.15) is 11.5 Å². The Morgan fingerprint density at radius 2 is 1.87 bits per heavy atom. The van der Waals surface area contributed by atoms with Gasteiger partial charge < -0.3 is 9.84 Å². The van der Waals surface area contributed by atoms with Crippen LogP contribution in [0.4, 0.5) is 0 Å². The Hall–Kier alpha value is -2.49. The quantitative estimate of drug-likeness (QED) is 0.914. The van der Waals surface area contributed by atoms with Crippen molar-refractivity contribution in [1.29, 1.82) is 0 Å². The summed E-state index contributed by atoms with van der Waals surface area (Å²) < 4.78 is 6.18. The van der Waals surface area contributed by atoms with Crippen LogP contribution in [0, 0.1) is 5.92 Å². The molecule has 2 aliphatic heterocycles. The minimum atomic E-state index is -0.0849. The maximum Gasteiger partial charge on any atom is 0.190 e. The van der Waals surface area contributed by atoms with Gasteiger partial charge in [-0.2, -0.15) is 5.10 Å². The number of benzene rings is 2. The molecule has 4 heteroatoms. The molecule has 2 aliphatic rings. The minimum Gasteiger partial charge on any atom is -0.507 e. The smallest absolute Gasteiger partial charge is 0.190 e. The molecule has 4 rings (SSSR count). The molecule has 0 fully saturated rings. The van der Waals surface area contributed by atoms with E-state index in [0.29, 0.717) is 5.92 Å². The second-order valence-corrected chi connectivity index (χ2v) is 6.45. The Balaban J connectivity index is 1.77. The zero-order valence-corrected chi connectivity index (χ0v) is 13.3. The molecule has 2 atom stereocenters. The number of fused-ring (bicyclic) bond motifs is 3. The van der Waals surface area contributed by atoms with Crippen molar-refractivity contribution in [2.45, 2.75) is 32.5 Å². The molecule has 118 valence electrons. The summed E-state index contributed by atoms with van der Waals surface area (Å²) in [6.07, 6.45) is 0.694. The first-order chi connectivity index (χ1) is 11.1. The zero-order chi connectivity index (χ0) is 16.0. The van der Waals surface area contributed by atoms with Crippen LogP contribution < -0.4 is 4.74 Å². The Morgan fingerprint density at radius 1 is 1.13 bits per heavy atom. The molecule has 0 aromatic heterocycles. The van der Waals surface area contributed by atoms with Gasteiger partial charge in [-0.3, -0.25) is 0 Å². The highest BCUT2D eigenvalue weighted by Gasteiger charge is 2.41. The molecule has 0 unspecified atom stereocenters. The predicted octanol–water partition coefficient (Wildman–Crippen LogP) is 3.92. The van der Waals surface area contributed by atoms with Gasteiger partial charge in [-0.1, -0.05) is 44.2 Å². The number of hydrazone groups is 1. The van der Waals surface area contributed by atoms with E-state index in [0.717, 1.165) is 23.4 Å². The molecule has 0 bridgehead atoms. The minimum absolute atomic E-state index is 0.0849. The number of hydrogen-bond donors (Lipinski definition) is 1. The van der Waals surface area contributed by atoms with Gasteiger partial charge in [-0.25, -0.2) is 5.01 Å². The van der Waals surface area contributed by atoms with Crippen LogP contribution in [0.25, 0.3) is 0 Å². The van der Waals surface area contributed by atoms with Crippen molar-refractivity contribution in [3.63, 3.8) is 0 Å². The van der Waals surface area contributed by atoms with Gasteiger partial charge in [0.2, 0.25) is 0 Å². The predicted molar refractivity (Wildman–Crippen MR) is 89.5 cm³/mol. The van der Waals surface area contributed by atoms with Crippen molar-refractivity contribution in [3.8, 4) is 11.5 Å². The summed E-state index contributed by atoms with van der Waals surface area (Å²) in [5.41, 5.74) is 2.89. The van der Waals surface area contributed by atoms with E-state index in [4.69, 9.17) is 9.84 Å². The second-order valence-electron chi connectivity index (χ2n) is 6.45. The SMILES string of the molecule is CC(C)[C@H]1Oc2ccccc2[C@H]2CC(c3ccccc3O)=NN21. The lowest BCUT2D eigenvalue weighted by atomic mass is 9.95. The summed E-state index contributed by atoms with van der Waals surface area (Å²) in [6, 6.07) is 15.7. The van der Waals surface area contributed by atoms with E-state index < -0.39 is 0 Å². The van der Waals surface area contributed by atoms with E-state index in [2.05, 4.69) is 24.9 Å². The lowest BCUT2D eigenvalue weighted by Gasteiger charge is -2.39. The zero-order valence-electron chi connectivity index (χ0n) is 13.3. The topological polar surface area (TPSA) is 45.1 Å². The fraction of sp³-hybridized carbons (Fsp3) is 0.316. The first-order valence-electron chi connectivity index (χ1n) is 8.05. The largest absolute Gasteiger partial charge is 0.507 e. The van der Waals surface area contributed by atoms with Crippen LogP contribution in [0.1, 0.15) is 37.4 Å². The third kappa shape index (κ3) is 2.25. The van der Waals surface area contributed by atoms with E-state index >= 15 is 0 Å². The van der Waals surface area contributed by atoms with Crippen molar-refractivity contribution < 1.29 is 9.84 Å². The number of para-hydroxylation sites is 2. The van der Waals surface area contributed by atoms with Crippen LogP contribution in [0.2, 0.25) is 0 Å². The van der Waals surface area contributed by atoms with Crippen LogP contribution in [-0.2, 0) is 0 Å². The van der Waals surface area contributed by atoms with Crippen LogP contribution in [0.3, 0.4) is 0 Å². The summed E-state index contributed by atoms with van der Waals surface area (Å²) in [7, 11) is 0. The lowest BCUT2D eigenvalue weighted by molar-refractivity contribution is -0.0461. The molecule has 0 amide bonds. The number of hydrogen-bond acceptors (Lipinski definition) is 4. The van der Waals surface area contributed by atoms with E-state index in [-0.39, 0.29) is 18.0 Å². The fourth-order valence-corrected chi connectivity index (χ4v) is 3.38. The fourth-order valence-electron chi connectivity index (χ4n) is 3.38. The molecule has 23 heavy (non-hydrogen) atoms. The number of rotatable bonds is 2. The van der Waals surface area contributed by atoms with Crippen molar-refractivity contribution in [3.05, 3.63) is 59.7 Å². The highest BCUT2D eigenvalue weighted by atomic mass is 16.5. The summed E-state index contributed by atoms with van der Waals surface area (Å²) in [4.78, 5) is 0. The molecular formula is C19H20N2O2. The van der Waals surface area contributed by atoms with Gasteiger partial charge in [0.25, 0.3) is 0 Å². The van der Waals surface area contributed by atoms with Crippen molar-refractivity contribution >= 4 is 5.71 Å². The average Bonchev–Trinajstić information content (AvgIpc) is 2.99. The third-order valence-corrected chi connectivity index (χ3v) is 4.51. The van der Waals surface area contributed by atoms with E-state index in [1.165, 1.54) is 5.56 Å². The first kappa shape index (κ1) is 14.1. The monoisotopic (exact) mass is 308 g/mol. The molecule has 0 spiro atoms. The van der Waals surface area contributed by atoms with Gasteiger partial charge in [-0.15, -0.1) is 0 Å². The highest BCUT2D eigenvalue weighted by molar-refractivity contribution is 6.04. The average molecular weight is 308 g/mol. The van der Waals surface area contributed by atoms with E-state index in [1.807, 2.05) is 36.4 Å². The summed E-state index contributed by atoms with van der Waals surface area (Å²) in [6.45, 7) is 4.28. The standard InChI is InChI=1S/C19H20N2O2/c1-12(2)19-21-16(14-8-4-6-10-18(14)23-19)11-15(20-21)13-7-3-5-9-17(13)22/h3-10,12,16,19,22H,11H2,1-2H3/t16-,19-/m1/s1. The molecule has 1 N–H and O–H groups in total. The Kier molecular flexibility index (Phi) is 3.26. The Morgan fingerprint density at radius 3 is 2.65 bits per heavy atom. The lowest BCUT2D eigenvalue weighted by Crippen LogP contribution is -2.43. The maximum absolute atomic E-state index is 10.1. The van der Waals surface area contributed by atoms with Gasteiger partial charge >= 0.3 is 0 Å². The van der Waals surface area contributed by atoms with E-state index in [9.17, 15) is 5.11 Å². The van der Waals surface area contributed by atoms with Gasteiger partial charge in [0.05, 0.1) is 11.8 Å². The van der Waals surface area contributed by atoms with Crippen LogP contribution in [0.5, 0.6) is 11.5 Å². The normalized spacial score (nSPS) is 22.4. The van der Waals surface area contributed by atoms with Gasteiger partial charge in [0, 0.05) is 23.5 Å². The maximum atomic E-state index is 10.1. The molecule has 0 saturated heterocycles. The van der Waals surface area contributed by atoms with Gasteiger partial charge in [0.15, 0.2) is 6.23 Å². The van der Waals surface area contributed by atoms with Crippen LogP contribution in [0.15, 0.2) is 53.6 Å². The molecule has 0 radical (unpaired) electrons. The Bertz CT molecular complexity index is 769. The van der Waals surface area contributed by atoms with Crippen molar-refractivity contribution in [2.24, 2.45) is 11.0 Å². The first-order valence-corrected chi connectivity index (χ1v) is 8.05. The molecule has 2 heterocycles. The molecule has 4 nitrogen and oxygen atoms in total. The third-order valence-electron chi connectivity index (χ3n) is 4.51. The van der Waals surface area contributed by atoms with Gasteiger partial charge in [-0.05, 0) is 18.2 Å². The van der Waals surface area contributed by atoms with Crippen molar-refractivity contribution in [2.75, 3.05) is 0 Å². The molecule has 2 aromatic rings. The molecular weight excluding hydrogens is 288 g/mol. The van der Waals surface area contributed by atoms with E-state index in [1.54, 1.807) is 6.07 Å². The summed E-state index contributed by atoms with van der Waals surface area (Å²) in [5.74, 6) is 1.54. The molecule has 0 aliphatic carbocycles. The number of ether oxygens (including phenoxy) is 1. The van der Waals surface area contributed by atoms with Crippen molar-refractivity contribution in [1.82, 2.24) is 5.01 Å². The molecule has 0 saturated carbocycles. The summed E-state index contributed by atoms with van der Waals surface area (Å²) in [5, 5.41) is 17.0. The summed E-state index contributed by atoms with van der Waals surface area (Å²) >= 11 is 0. The number of nitrogens with zero attached hydrogens (tertiary/aromatic N) is 2.